The van der Waals surface area contributed by atoms with E-state index in [0.29, 0.717) is 6.54 Å². The minimum Gasteiger partial charge on any atom is -0.347 e. The minimum atomic E-state index is -0.735. The Kier molecular flexibility index (Phi) is 4.82. The summed E-state index contributed by atoms with van der Waals surface area (Å²) in [5.74, 6) is -0.518. The first kappa shape index (κ1) is 16.5. The van der Waals surface area contributed by atoms with Crippen molar-refractivity contribution < 1.29 is 9.59 Å². The fourth-order valence-corrected chi connectivity index (χ4v) is 3.59. The van der Waals surface area contributed by atoms with Gasteiger partial charge in [0.1, 0.15) is 5.56 Å². The Morgan fingerprint density at radius 2 is 1.83 bits per heavy atom. The first-order chi connectivity index (χ1) is 11.5. The van der Waals surface area contributed by atoms with E-state index in [4.69, 9.17) is 0 Å². The van der Waals surface area contributed by atoms with E-state index in [1.807, 2.05) is 9.88 Å². The van der Waals surface area contributed by atoms with E-state index in [0.717, 1.165) is 31.9 Å². The van der Waals surface area contributed by atoms with Gasteiger partial charge in [-0.15, -0.1) is 0 Å². The van der Waals surface area contributed by atoms with E-state index >= 15 is 0 Å². The zero-order valence-electron chi connectivity index (χ0n) is 13.5. The van der Waals surface area contributed by atoms with Gasteiger partial charge < -0.3 is 15.2 Å². The van der Waals surface area contributed by atoms with Crippen LogP contribution in [0.5, 0.6) is 0 Å². The molecule has 1 saturated heterocycles. The normalized spacial score (nSPS) is 22.4. The molecule has 2 aliphatic rings. The first-order valence-electron chi connectivity index (χ1n) is 8.47. The van der Waals surface area contributed by atoms with Crippen LogP contribution in [-0.2, 0) is 4.79 Å². The predicted molar refractivity (Wildman–Crippen MR) is 86.8 cm³/mol. The van der Waals surface area contributed by atoms with Gasteiger partial charge in [0.05, 0.1) is 6.04 Å². The highest BCUT2D eigenvalue weighted by atomic mass is 16.2. The highest BCUT2D eigenvalue weighted by Gasteiger charge is 2.35. The van der Waals surface area contributed by atoms with Crippen LogP contribution in [0.25, 0.3) is 0 Å². The maximum absolute atomic E-state index is 12.3. The van der Waals surface area contributed by atoms with E-state index in [1.165, 1.54) is 12.8 Å². The zero-order chi connectivity index (χ0) is 17.1. The summed E-state index contributed by atoms with van der Waals surface area (Å²) >= 11 is 0. The van der Waals surface area contributed by atoms with Crippen LogP contribution in [0.1, 0.15) is 55.3 Å². The molecular formula is C16H22N4O4. The largest absolute Gasteiger partial charge is 0.347 e. The number of H-pyrrole nitrogens is 2. The number of nitrogens with zero attached hydrogens (tertiary/aromatic N) is 1. The van der Waals surface area contributed by atoms with E-state index in [2.05, 4.69) is 10.3 Å². The van der Waals surface area contributed by atoms with Crippen LogP contribution in [-0.4, -0.2) is 45.3 Å². The molecule has 2 amide bonds. The van der Waals surface area contributed by atoms with Crippen molar-refractivity contribution in [2.24, 2.45) is 0 Å². The molecule has 0 unspecified atom stereocenters. The molecule has 1 aromatic heterocycles. The molecule has 24 heavy (non-hydrogen) atoms. The number of hydrogen-bond donors (Lipinski definition) is 3. The molecule has 130 valence electrons. The summed E-state index contributed by atoms with van der Waals surface area (Å²) in [6.07, 6.45) is 8.09. The Labute approximate surface area is 138 Å². The Morgan fingerprint density at radius 3 is 2.50 bits per heavy atom. The number of hydrogen-bond acceptors (Lipinski definition) is 4. The lowest BCUT2D eigenvalue weighted by Gasteiger charge is -2.27. The fraction of sp³-hybridized carbons (Fsp3) is 0.625. The lowest BCUT2D eigenvalue weighted by atomic mass is 10.1. The summed E-state index contributed by atoms with van der Waals surface area (Å²) in [6.45, 7) is 0.483. The average Bonchev–Trinajstić information content (AvgIpc) is 2.74. The SMILES string of the molecule is O=C(N[C@@H]1CC(=O)N(C2CCCCCC2)C1)c1c[nH]c(=O)[nH]c1=O. The molecule has 0 bridgehead atoms. The van der Waals surface area contributed by atoms with Crippen molar-refractivity contribution in [3.8, 4) is 0 Å². The van der Waals surface area contributed by atoms with Crippen LogP contribution >= 0.6 is 0 Å². The van der Waals surface area contributed by atoms with Gasteiger partial charge in [0.15, 0.2) is 0 Å². The van der Waals surface area contributed by atoms with Gasteiger partial charge >= 0.3 is 5.69 Å². The van der Waals surface area contributed by atoms with Crippen molar-refractivity contribution in [3.63, 3.8) is 0 Å². The lowest BCUT2D eigenvalue weighted by Crippen LogP contribution is -2.42. The van der Waals surface area contributed by atoms with E-state index in [9.17, 15) is 19.2 Å². The Hall–Kier alpha value is -2.38. The smallest absolute Gasteiger partial charge is 0.325 e. The van der Waals surface area contributed by atoms with Crippen LogP contribution in [0.15, 0.2) is 15.8 Å². The highest BCUT2D eigenvalue weighted by Crippen LogP contribution is 2.25. The third kappa shape index (κ3) is 3.58. The number of nitrogens with one attached hydrogen (secondary N) is 3. The maximum Gasteiger partial charge on any atom is 0.325 e. The number of amides is 2. The van der Waals surface area contributed by atoms with Crippen LogP contribution in [0.2, 0.25) is 0 Å². The number of aromatic amines is 2. The van der Waals surface area contributed by atoms with E-state index in [-0.39, 0.29) is 30.0 Å². The maximum atomic E-state index is 12.3. The second-order valence-electron chi connectivity index (χ2n) is 6.55. The van der Waals surface area contributed by atoms with Gasteiger partial charge in [-0.05, 0) is 12.8 Å². The van der Waals surface area contributed by atoms with Crippen molar-refractivity contribution >= 4 is 11.8 Å². The monoisotopic (exact) mass is 334 g/mol. The third-order valence-corrected chi connectivity index (χ3v) is 4.82. The fourth-order valence-electron chi connectivity index (χ4n) is 3.59. The summed E-state index contributed by atoms with van der Waals surface area (Å²) in [5.41, 5.74) is -1.55. The van der Waals surface area contributed by atoms with Gasteiger partial charge in [-0.25, -0.2) is 4.79 Å². The quantitative estimate of drug-likeness (QED) is 0.681. The average molecular weight is 334 g/mol. The molecule has 1 aliphatic carbocycles. The molecule has 3 rings (SSSR count). The van der Waals surface area contributed by atoms with Gasteiger partial charge in [0, 0.05) is 25.2 Å². The zero-order valence-corrected chi connectivity index (χ0v) is 13.5. The minimum absolute atomic E-state index is 0.0579. The van der Waals surface area contributed by atoms with Crippen LogP contribution < -0.4 is 16.6 Å². The molecule has 8 nitrogen and oxygen atoms in total. The second kappa shape index (κ2) is 7.02. The third-order valence-electron chi connectivity index (χ3n) is 4.82. The van der Waals surface area contributed by atoms with E-state index in [1.54, 1.807) is 0 Å². The van der Waals surface area contributed by atoms with Gasteiger partial charge in [-0.2, -0.15) is 0 Å². The molecule has 2 fully saturated rings. The van der Waals surface area contributed by atoms with Crippen molar-refractivity contribution in [1.29, 1.82) is 0 Å². The van der Waals surface area contributed by atoms with E-state index < -0.39 is 17.2 Å². The summed E-state index contributed by atoms with van der Waals surface area (Å²) in [7, 11) is 0. The van der Waals surface area contributed by atoms with Crippen molar-refractivity contribution in [3.05, 3.63) is 32.6 Å². The van der Waals surface area contributed by atoms with Crippen molar-refractivity contribution in [1.82, 2.24) is 20.2 Å². The highest BCUT2D eigenvalue weighted by molar-refractivity contribution is 5.94. The second-order valence-corrected chi connectivity index (χ2v) is 6.55. The molecule has 1 aromatic rings. The lowest BCUT2D eigenvalue weighted by molar-refractivity contribution is -0.129. The Balaban J connectivity index is 1.64. The Morgan fingerprint density at radius 1 is 1.12 bits per heavy atom. The summed E-state index contributed by atoms with van der Waals surface area (Å²) < 4.78 is 0. The number of rotatable bonds is 3. The molecule has 1 aliphatic heterocycles. The van der Waals surface area contributed by atoms with Crippen LogP contribution in [0.3, 0.4) is 0 Å². The summed E-state index contributed by atoms with van der Waals surface area (Å²) in [4.78, 5) is 53.3. The topological polar surface area (TPSA) is 115 Å². The Bertz CT molecular complexity index is 730. The van der Waals surface area contributed by atoms with Gasteiger partial charge in [0.25, 0.3) is 11.5 Å². The summed E-state index contributed by atoms with van der Waals surface area (Å²) in [6, 6.07) is -0.0435. The van der Waals surface area contributed by atoms with Gasteiger partial charge in [0.2, 0.25) is 5.91 Å². The van der Waals surface area contributed by atoms with Crippen LogP contribution in [0.4, 0.5) is 0 Å². The molecule has 1 saturated carbocycles. The standard InChI is InChI=1S/C16H22N4O4/c21-13-7-10(9-20(13)11-5-3-1-2-4-6-11)18-14(22)12-8-17-16(24)19-15(12)23/h8,10-11H,1-7,9H2,(H,18,22)(H2,17,19,23,24)/t10-/m1/s1. The number of carbonyl (C=O) groups is 2. The molecule has 0 spiro atoms. The number of carbonyl (C=O) groups excluding carboxylic acids is 2. The predicted octanol–water partition coefficient (Wildman–Crippen LogP) is 0.117. The molecule has 3 N–H and O–H groups in total. The first-order valence-corrected chi connectivity index (χ1v) is 8.47. The molecular weight excluding hydrogens is 312 g/mol. The molecule has 2 heterocycles. The van der Waals surface area contributed by atoms with Crippen molar-refractivity contribution in [2.45, 2.75) is 57.0 Å². The molecule has 0 radical (unpaired) electrons. The van der Waals surface area contributed by atoms with Crippen LogP contribution in [0, 0.1) is 0 Å². The van der Waals surface area contributed by atoms with Crippen molar-refractivity contribution in [2.75, 3.05) is 6.54 Å². The van der Waals surface area contributed by atoms with Gasteiger partial charge in [-0.3, -0.25) is 19.4 Å². The number of likely N-dealkylation sites (tertiary alicyclic amines) is 1. The molecule has 1 atom stereocenters. The summed E-state index contributed by atoms with van der Waals surface area (Å²) in [5, 5.41) is 2.73. The molecule has 8 heteroatoms. The van der Waals surface area contributed by atoms with Gasteiger partial charge in [-0.1, -0.05) is 25.7 Å². The number of aromatic nitrogens is 2. The molecule has 0 aromatic carbocycles.